The summed E-state index contributed by atoms with van der Waals surface area (Å²) in [5.74, 6) is -4.32. The van der Waals surface area contributed by atoms with Crippen LogP contribution in [-0.2, 0) is 63.8 Å². The number of hydrogen-bond acceptors (Lipinski definition) is 15. The molecule has 20 heteroatoms. The fourth-order valence-corrected chi connectivity index (χ4v) is 11.3. The van der Waals surface area contributed by atoms with Crippen LogP contribution in [0.5, 0.6) is 0 Å². The van der Waals surface area contributed by atoms with Gasteiger partial charge in [-0.05, 0) is 88.2 Å². The number of epoxide rings is 1. The molecule has 6 aliphatic rings. The van der Waals surface area contributed by atoms with Crippen molar-refractivity contribution in [1.82, 2.24) is 15.3 Å². The molecule has 5 heterocycles. The molecular formula is C49H63ClN4O14S. The number of thioether (sulfide) groups is 1. The van der Waals surface area contributed by atoms with Crippen LogP contribution in [0.2, 0.25) is 5.02 Å². The minimum absolute atomic E-state index is 0.00794. The third-order valence-corrected chi connectivity index (χ3v) is 16.1. The average Bonchev–Trinajstić information content (AvgIpc) is 3.81. The predicted octanol–water partition coefficient (Wildman–Crippen LogP) is 5.27. The number of likely N-dealkylation sites (tertiary alicyclic amines) is 1. The minimum atomic E-state index is -1.63. The van der Waals surface area contributed by atoms with E-state index in [1.165, 1.54) is 21.6 Å². The quantitative estimate of drug-likeness (QED) is 0.118. The van der Waals surface area contributed by atoms with Gasteiger partial charge in [-0.25, -0.2) is 14.4 Å². The van der Waals surface area contributed by atoms with Crippen molar-refractivity contribution < 1.29 is 67.2 Å². The molecule has 1 aromatic carbocycles. The lowest BCUT2D eigenvalue weighted by Gasteiger charge is -2.41. The zero-order valence-corrected chi connectivity index (χ0v) is 41.6. The number of imide groups is 2. The molecule has 4 bridgehead atoms. The number of carbonyl (C=O) groups is 8. The summed E-state index contributed by atoms with van der Waals surface area (Å²) in [5.41, 5.74) is 0.386. The van der Waals surface area contributed by atoms with Gasteiger partial charge in [0.2, 0.25) is 17.7 Å². The van der Waals surface area contributed by atoms with Gasteiger partial charge in [-0.3, -0.25) is 34.2 Å². The first-order valence-corrected chi connectivity index (χ1v) is 25.2. The molecular weight excluding hydrogens is 936 g/mol. The van der Waals surface area contributed by atoms with Gasteiger partial charge >= 0.3 is 18.0 Å². The van der Waals surface area contributed by atoms with E-state index < -0.39 is 95.0 Å². The van der Waals surface area contributed by atoms with Crippen molar-refractivity contribution >= 4 is 76.6 Å². The molecule has 0 radical (unpaired) electrons. The van der Waals surface area contributed by atoms with Crippen molar-refractivity contribution in [2.75, 3.05) is 37.5 Å². The molecule has 2 N–H and O–H groups in total. The number of anilines is 1. The first-order valence-electron chi connectivity index (χ1n) is 23.8. The number of aliphatic hydroxyl groups is 1. The second-order valence-electron chi connectivity index (χ2n) is 19.5. The number of esters is 1. The number of amides is 6. The summed E-state index contributed by atoms with van der Waals surface area (Å²) in [5, 5.41) is 14.7. The number of hydrogen-bond donors (Lipinski definition) is 2. The Balaban J connectivity index is 0.918. The van der Waals surface area contributed by atoms with E-state index in [4.69, 9.17) is 35.4 Å². The number of carbonyl (C=O) groups excluding carboxylic acids is 8. The Morgan fingerprint density at radius 1 is 0.986 bits per heavy atom. The van der Waals surface area contributed by atoms with Crippen LogP contribution in [0.4, 0.5) is 10.5 Å². The van der Waals surface area contributed by atoms with Crippen LogP contribution in [0.15, 0.2) is 35.9 Å². The van der Waals surface area contributed by atoms with Crippen molar-refractivity contribution in [2.45, 2.75) is 140 Å². The normalized spacial score (nSPS) is 33.3. The molecule has 1 saturated carbocycles. The number of alkyl carbamates (subject to hydrolysis) is 1. The summed E-state index contributed by atoms with van der Waals surface area (Å²) in [6.07, 6.45) is 5.27. The third-order valence-electron chi connectivity index (χ3n) is 14.3. The molecule has 5 fully saturated rings. The number of aryl methyl sites for hydroxylation is 1. The topological polar surface area (TPSA) is 228 Å². The van der Waals surface area contributed by atoms with Crippen LogP contribution < -0.4 is 10.2 Å². The molecule has 4 saturated heterocycles. The van der Waals surface area contributed by atoms with E-state index in [1.54, 1.807) is 20.9 Å². The van der Waals surface area contributed by atoms with Gasteiger partial charge < -0.3 is 33.8 Å². The van der Waals surface area contributed by atoms with E-state index in [0.29, 0.717) is 60.1 Å². The van der Waals surface area contributed by atoms with Gasteiger partial charge in [0.05, 0.1) is 34.4 Å². The van der Waals surface area contributed by atoms with Gasteiger partial charge in [0.15, 0.2) is 0 Å². The fourth-order valence-electron chi connectivity index (χ4n) is 9.92. The Bertz CT molecular complexity index is 2270. The number of benzene rings is 1. The maximum atomic E-state index is 14.1. The SMILES string of the molecule is C/C1=C\C=C\[C@@H](C)[C@@]2(O)CC(OC(=O)N2)[C@@H](C)[C@@H]2O[C@@]2(C)[C@@H](OC(=O)COCCCSC2CC(=O)N(C[C@H]3CC[C@H](C(=O)ON4C(=O)CCC4=O)CC3)C2=O)CC(=O)N(C)c2cc(cc(C)c2Cl)C1. The maximum Gasteiger partial charge on any atom is 0.409 e. The van der Waals surface area contributed by atoms with E-state index in [9.17, 15) is 43.5 Å². The monoisotopic (exact) mass is 998 g/mol. The van der Waals surface area contributed by atoms with Crippen LogP contribution in [0.1, 0.15) is 103 Å². The van der Waals surface area contributed by atoms with Crippen LogP contribution >= 0.6 is 23.4 Å². The molecule has 2 unspecified atom stereocenters. The molecule has 376 valence electrons. The maximum absolute atomic E-state index is 14.1. The number of hydroxylamine groups is 2. The highest BCUT2D eigenvalue weighted by Crippen LogP contribution is 2.49. The predicted molar refractivity (Wildman–Crippen MR) is 251 cm³/mol. The molecule has 5 aliphatic heterocycles. The fraction of sp³-hybridized carbons (Fsp3) is 0.633. The number of nitrogens with one attached hydrogen (secondary N) is 1. The molecule has 18 nitrogen and oxygen atoms in total. The molecule has 6 amide bonds. The zero-order valence-electron chi connectivity index (χ0n) is 40.0. The molecule has 69 heavy (non-hydrogen) atoms. The van der Waals surface area contributed by atoms with Crippen LogP contribution in [0.25, 0.3) is 0 Å². The van der Waals surface area contributed by atoms with E-state index in [2.05, 4.69) is 5.32 Å². The van der Waals surface area contributed by atoms with Crippen LogP contribution in [-0.4, -0.2) is 130 Å². The van der Waals surface area contributed by atoms with Crippen molar-refractivity contribution in [2.24, 2.45) is 23.7 Å². The molecule has 0 aromatic heterocycles. The second-order valence-corrected chi connectivity index (χ2v) is 21.2. The van der Waals surface area contributed by atoms with Gasteiger partial charge in [0, 0.05) is 57.7 Å². The van der Waals surface area contributed by atoms with Crippen LogP contribution in [0.3, 0.4) is 0 Å². The summed E-state index contributed by atoms with van der Waals surface area (Å²) in [6.45, 7) is 9.16. The molecule has 0 spiro atoms. The molecule has 1 aromatic rings. The summed E-state index contributed by atoms with van der Waals surface area (Å²) < 4.78 is 23.7. The lowest BCUT2D eigenvalue weighted by molar-refractivity contribution is -0.201. The highest BCUT2D eigenvalue weighted by molar-refractivity contribution is 8.00. The van der Waals surface area contributed by atoms with Crippen molar-refractivity contribution in [3.05, 3.63) is 52.1 Å². The number of fused-ring (bicyclic) bond motifs is 5. The average molecular weight is 1000 g/mol. The number of halogens is 1. The Kier molecular flexibility index (Phi) is 16.3. The van der Waals surface area contributed by atoms with Crippen LogP contribution in [0, 0.1) is 30.6 Å². The van der Waals surface area contributed by atoms with Gasteiger partial charge in [-0.1, -0.05) is 55.3 Å². The second kappa shape index (κ2) is 21.7. The summed E-state index contributed by atoms with van der Waals surface area (Å²) >= 11 is 8.13. The molecule has 8 atom stereocenters. The minimum Gasteiger partial charge on any atom is -0.457 e. The number of allylic oxidation sites excluding steroid dienone is 3. The van der Waals surface area contributed by atoms with E-state index in [0.717, 1.165) is 16.7 Å². The third kappa shape index (κ3) is 12.0. The van der Waals surface area contributed by atoms with Gasteiger partial charge in [0.25, 0.3) is 11.8 Å². The lowest BCUT2D eigenvalue weighted by Crippen LogP contribution is -2.60. The highest BCUT2D eigenvalue weighted by Gasteiger charge is 2.64. The Morgan fingerprint density at radius 3 is 2.41 bits per heavy atom. The number of rotatable bonds is 12. The summed E-state index contributed by atoms with van der Waals surface area (Å²) in [4.78, 5) is 111. The lowest BCUT2D eigenvalue weighted by atomic mass is 9.82. The Morgan fingerprint density at radius 2 is 1.70 bits per heavy atom. The Hall–Kier alpha value is -4.82. The van der Waals surface area contributed by atoms with Gasteiger partial charge in [-0.2, -0.15) is 0 Å². The highest BCUT2D eigenvalue weighted by atomic mass is 35.5. The first kappa shape index (κ1) is 52.0. The zero-order chi connectivity index (χ0) is 49.9. The number of nitrogens with zero attached hydrogens (tertiary/aromatic N) is 3. The van der Waals surface area contributed by atoms with E-state index >= 15 is 0 Å². The smallest absolute Gasteiger partial charge is 0.409 e. The first-order chi connectivity index (χ1) is 32.7. The summed E-state index contributed by atoms with van der Waals surface area (Å²) in [7, 11) is 1.61. The molecule has 7 rings (SSSR count). The number of ether oxygens (including phenoxy) is 4. The summed E-state index contributed by atoms with van der Waals surface area (Å²) in [6, 6.07) is 3.82. The van der Waals surface area contributed by atoms with Crippen molar-refractivity contribution in [3.63, 3.8) is 0 Å². The van der Waals surface area contributed by atoms with Gasteiger partial charge in [-0.15, -0.1) is 16.8 Å². The standard InChI is InChI=1S/C49H63ClN4O14S/c1-27-9-7-10-29(3)49(63)24-35(65-47(62)51-49)30(4)44-48(5,67-44)37(23-40(57)52(6)34-21-32(19-27)20-28(2)43(34)50)66-42(59)26-64-17-8-18-69-36-22-41(58)53(45(36)60)25-31-11-13-33(14-12-31)46(61)68-54-38(55)15-16-39(54)56/h7,9-10,20-21,29-31,33,35-37,44,63H,8,11-19,22-26H2,1-6H3,(H,51,62)/b10-7+,27-9+/t29-,30-,31-,33-,35?,36?,37+,44+,48+,49+/m1/s1. The van der Waals surface area contributed by atoms with Crippen molar-refractivity contribution in [1.29, 1.82) is 0 Å². The molecule has 1 aliphatic carbocycles. The van der Waals surface area contributed by atoms with Gasteiger partial charge in [0.1, 0.15) is 30.1 Å². The van der Waals surface area contributed by atoms with E-state index in [-0.39, 0.29) is 63.0 Å². The largest absolute Gasteiger partial charge is 0.457 e. The van der Waals surface area contributed by atoms with E-state index in [1.807, 2.05) is 51.1 Å². The van der Waals surface area contributed by atoms with Crippen molar-refractivity contribution in [3.8, 4) is 0 Å². The Labute approximate surface area is 411 Å².